The molecule has 3 atom stereocenters. The smallest absolute Gasteiger partial charge is 0.176 e. The van der Waals surface area contributed by atoms with Crippen molar-refractivity contribution in [3.63, 3.8) is 0 Å². The number of nitrogens with zero attached hydrogens (tertiary/aromatic N) is 2. The molecule has 0 amide bonds. The molecule has 2 saturated carbocycles. The Morgan fingerprint density at radius 1 is 0.607 bits per heavy atom. The van der Waals surface area contributed by atoms with Gasteiger partial charge in [0.25, 0.3) is 0 Å². The summed E-state index contributed by atoms with van der Waals surface area (Å²) in [5.41, 5.74) is 19.6. The number of fused-ring (bicyclic) bond motifs is 13. The molecule has 13 rings (SSSR count). The third-order valence-corrected chi connectivity index (χ3v) is 15.9. The van der Waals surface area contributed by atoms with Crippen LogP contribution in [-0.2, 0) is 10.8 Å². The van der Waals surface area contributed by atoms with Crippen molar-refractivity contribution in [1.29, 1.82) is 0 Å². The number of allylic oxidation sites excluding steroid dienone is 8. The highest BCUT2D eigenvalue weighted by Gasteiger charge is 2.55. The maximum Gasteiger partial charge on any atom is 0.176 e. The molecule has 2 heterocycles. The first-order valence-corrected chi connectivity index (χ1v) is 23.1. The predicted octanol–water partition coefficient (Wildman–Crippen LogP) is 15.0. The lowest BCUT2D eigenvalue weighted by molar-refractivity contribution is 0.232. The molecule has 6 aliphatic carbocycles. The van der Waals surface area contributed by atoms with E-state index in [-0.39, 0.29) is 16.7 Å². The van der Waals surface area contributed by atoms with Gasteiger partial charge < -0.3 is 4.42 Å². The van der Waals surface area contributed by atoms with E-state index < -0.39 is 0 Å². The Morgan fingerprint density at radius 2 is 1.36 bits per heavy atom. The molecule has 2 fully saturated rings. The number of rotatable bonds is 4. The average Bonchev–Trinajstić information content (AvgIpc) is 3.93. The summed E-state index contributed by atoms with van der Waals surface area (Å²) in [5, 5.41) is 1.03. The van der Waals surface area contributed by atoms with E-state index in [1.165, 1.54) is 92.0 Å². The minimum absolute atomic E-state index is 0.0790. The summed E-state index contributed by atoms with van der Waals surface area (Å²) in [6.07, 6.45) is 26.8. The van der Waals surface area contributed by atoms with Crippen molar-refractivity contribution in [2.24, 2.45) is 5.92 Å². The van der Waals surface area contributed by atoms with Gasteiger partial charge in [0, 0.05) is 33.6 Å². The molecule has 6 aliphatic rings. The van der Waals surface area contributed by atoms with Gasteiger partial charge in [-0.1, -0.05) is 166 Å². The molecule has 2 aromatic heterocycles. The van der Waals surface area contributed by atoms with E-state index in [4.69, 9.17) is 14.4 Å². The van der Waals surface area contributed by atoms with Crippen molar-refractivity contribution in [2.45, 2.75) is 93.3 Å². The number of hydrogen-bond donors (Lipinski definition) is 0. The molecule has 0 aliphatic heterocycles. The molecule has 0 N–H and O–H groups in total. The third kappa shape index (κ3) is 5.35. The Bertz CT molecular complexity index is 3040. The molecular formula is C58H50N2O. The van der Waals surface area contributed by atoms with Gasteiger partial charge in [0.05, 0.1) is 5.69 Å². The van der Waals surface area contributed by atoms with E-state index in [0.717, 1.165) is 45.6 Å². The maximum atomic E-state index is 6.48. The molecule has 7 aromatic rings. The normalized spacial score (nSPS) is 23.0. The summed E-state index contributed by atoms with van der Waals surface area (Å²) in [6.45, 7) is 0. The zero-order valence-corrected chi connectivity index (χ0v) is 34.7. The van der Waals surface area contributed by atoms with Gasteiger partial charge in [0.1, 0.15) is 11.1 Å². The summed E-state index contributed by atoms with van der Waals surface area (Å²) in [5.74, 6) is 1.86. The summed E-state index contributed by atoms with van der Waals surface area (Å²) < 4.78 is 6.48. The molecule has 298 valence electrons. The molecule has 2 spiro atoms. The second-order valence-corrected chi connectivity index (χ2v) is 18.9. The molecule has 3 heteroatoms. The van der Waals surface area contributed by atoms with E-state index in [0.29, 0.717) is 11.8 Å². The lowest BCUT2D eigenvalue weighted by atomic mass is 9.61. The summed E-state index contributed by atoms with van der Waals surface area (Å²) in [6, 6.07) is 44.9. The number of hydrogen-bond acceptors (Lipinski definition) is 3. The first-order chi connectivity index (χ1) is 30.2. The zero-order valence-electron chi connectivity index (χ0n) is 34.7. The predicted molar refractivity (Wildman–Crippen MR) is 249 cm³/mol. The second-order valence-electron chi connectivity index (χ2n) is 18.9. The van der Waals surface area contributed by atoms with Gasteiger partial charge in [0.2, 0.25) is 0 Å². The molecular weight excluding hydrogens is 741 g/mol. The SMILES string of the molecule is C1=CC(c2nc(-c3ccccc3)nc3c2oc2ccccc23)CC=C1c1cccc(-c2ccc3c(c2)C2=CC4C(C=C2C32CCCCC2)c2ccccc2C42CCCCC2)c1. The number of para-hydroxylation sites is 1. The molecule has 3 nitrogen and oxygen atoms in total. The Morgan fingerprint density at radius 3 is 2.21 bits per heavy atom. The molecule has 0 bridgehead atoms. The second kappa shape index (κ2) is 13.7. The summed E-state index contributed by atoms with van der Waals surface area (Å²) >= 11 is 0. The largest absolute Gasteiger partial charge is 0.452 e. The van der Waals surface area contributed by atoms with Crippen LogP contribution in [0, 0.1) is 5.92 Å². The van der Waals surface area contributed by atoms with Crippen LogP contribution in [0.1, 0.15) is 116 Å². The Balaban J connectivity index is 0.853. The molecule has 0 saturated heterocycles. The first kappa shape index (κ1) is 35.7. The van der Waals surface area contributed by atoms with Gasteiger partial charge in [-0.15, -0.1) is 0 Å². The van der Waals surface area contributed by atoms with Crippen LogP contribution in [-0.4, -0.2) is 9.97 Å². The monoisotopic (exact) mass is 790 g/mol. The summed E-state index contributed by atoms with van der Waals surface area (Å²) in [4.78, 5) is 10.2. The van der Waals surface area contributed by atoms with Gasteiger partial charge in [0.15, 0.2) is 11.4 Å². The Hall–Kier alpha value is -6.06. The van der Waals surface area contributed by atoms with Crippen molar-refractivity contribution in [2.75, 3.05) is 0 Å². The van der Waals surface area contributed by atoms with Crippen LogP contribution in [0.25, 0.3) is 55.7 Å². The van der Waals surface area contributed by atoms with Crippen molar-refractivity contribution in [3.8, 4) is 22.5 Å². The van der Waals surface area contributed by atoms with Crippen molar-refractivity contribution in [3.05, 3.63) is 191 Å². The lowest BCUT2D eigenvalue weighted by Crippen LogP contribution is -2.35. The van der Waals surface area contributed by atoms with Gasteiger partial charge in [-0.3, -0.25) is 0 Å². The molecule has 3 unspecified atom stereocenters. The van der Waals surface area contributed by atoms with Crippen LogP contribution < -0.4 is 0 Å². The van der Waals surface area contributed by atoms with Crippen molar-refractivity contribution >= 4 is 33.2 Å². The number of aromatic nitrogens is 2. The average molecular weight is 791 g/mol. The van der Waals surface area contributed by atoms with Crippen molar-refractivity contribution < 1.29 is 4.42 Å². The van der Waals surface area contributed by atoms with Crippen LogP contribution in [0.4, 0.5) is 0 Å². The van der Waals surface area contributed by atoms with Crippen LogP contribution in [0.2, 0.25) is 0 Å². The standard InChI is InChI=1S/C58H50N2O/c1-4-15-39(16-5-1)56-59-53(55-54(60-56)44-20-7-9-22-52(44)61-55)38-25-23-37(24-26-38)40-17-14-18-41(33-40)42-27-28-49-45(34-42)47-36-50-46(35-51(47)58(49)31-12-3-13-32-58)43-19-6-8-21-48(43)57(50)29-10-2-11-30-57/h1,4-9,14-25,27-28,33-36,38,46,50H,2-3,10-13,26,29-32H2. The van der Waals surface area contributed by atoms with Crippen LogP contribution in [0.3, 0.4) is 0 Å². The Labute approximate surface area is 358 Å². The highest BCUT2D eigenvalue weighted by Crippen LogP contribution is 2.66. The lowest BCUT2D eigenvalue weighted by Gasteiger charge is -2.43. The van der Waals surface area contributed by atoms with E-state index in [2.05, 4.69) is 121 Å². The highest BCUT2D eigenvalue weighted by atomic mass is 16.3. The fourth-order valence-electron chi connectivity index (χ4n) is 13.1. The number of benzene rings is 5. The van der Waals surface area contributed by atoms with Crippen LogP contribution in [0.5, 0.6) is 0 Å². The van der Waals surface area contributed by atoms with E-state index in [9.17, 15) is 0 Å². The number of furan rings is 1. The minimum Gasteiger partial charge on any atom is -0.452 e. The van der Waals surface area contributed by atoms with Crippen LogP contribution in [0.15, 0.2) is 162 Å². The van der Waals surface area contributed by atoms with Gasteiger partial charge >= 0.3 is 0 Å². The fourth-order valence-corrected chi connectivity index (χ4v) is 13.1. The Kier molecular flexibility index (Phi) is 8.03. The van der Waals surface area contributed by atoms with E-state index in [1.54, 1.807) is 27.8 Å². The molecule has 5 aromatic carbocycles. The van der Waals surface area contributed by atoms with Crippen molar-refractivity contribution in [1.82, 2.24) is 9.97 Å². The maximum absolute atomic E-state index is 6.48. The summed E-state index contributed by atoms with van der Waals surface area (Å²) in [7, 11) is 0. The van der Waals surface area contributed by atoms with E-state index >= 15 is 0 Å². The van der Waals surface area contributed by atoms with Crippen LogP contribution >= 0.6 is 0 Å². The minimum atomic E-state index is 0.0790. The quantitative estimate of drug-likeness (QED) is 0.178. The van der Waals surface area contributed by atoms with E-state index in [1.807, 2.05) is 30.3 Å². The van der Waals surface area contributed by atoms with Gasteiger partial charge in [-0.25, -0.2) is 9.97 Å². The first-order valence-electron chi connectivity index (χ1n) is 23.1. The topological polar surface area (TPSA) is 38.9 Å². The molecule has 61 heavy (non-hydrogen) atoms. The zero-order chi connectivity index (χ0) is 40.1. The fraction of sp³-hybridized carbons (Fsp3) is 0.276. The van der Waals surface area contributed by atoms with Gasteiger partial charge in [-0.2, -0.15) is 0 Å². The molecule has 0 radical (unpaired) electrons. The third-order valence-electron chi connectivity index (χ3n) is 15.9. The highest BCUT2D eigenvalue weighted by molar-refractivity contribution is 6.04. The van der Waals surface area contributed by atoms with Gasteiger partial charge in [-0.05, 0) is 118 Å².